The molecule has 156 valence electrons. The van der Waals surface area contributed by atoms with Crippen molar-refractivity contribution in [1.29, 1.82) is 0 Å². The van der Waals surface area contributed by atoms with Gasteiger partial charge in [-0.15, -0.1) is 12.4 Å². The van der Waals surface area contributed by atoms with Crippen LogP contribution >= 0.6 is 12.4 Å². The summed E-state index contributed by atoms with van der Waals surface area (Å²) >= 11 is 0. The van der Waals surface area contributed by atoms with Crippen LogP contribution in [-0.2, 0) is 25.8 Å². The molecule has 2 aromatic heterocycles. The molecule has 2 N–H and O–H groups in total. The largest absolute Gasteiger partial charge is 0.361 e. The topological polar surface area (TPSA) is 45.6 Å². The number of aromatic amines is 1. The van der Waals surface area contributed by atoms with E-state index in [4.69, 9.17) is 5.10 Å². The van der Waals surface area contributed by atoms with E-state index in [-0.39, 0.29) is 12.4 Å². The number of rotatable bonds is 4. The predicted octanol–water partition coefficient (Wildman–Crippen LogP) is 5.52. The summed E-state index contributed by atoms with van der Waals surface area (Å²) in [5.41, 5.74) is 11.6. The van der Waals surface area contributed by atoms with Crippen LogP contribution in [-0.4, -0.2) is 21.3 Å². The molecule has 0 unspecified atom stereocenters. The lowest BCUT2D eigenvalue weighted by molar-refractivity contribution is 0.635. The van der Waals surface area contributed by atoms with E-state index in [0.29, 0.717) is 0 Å². The van der Waals surface area contributed by atoms with E-state index in [0.717, 1.165) is 32.4 Å². The number of aryl methyl sites for hydroxylation is 3. The highest BCUT2D eigenvalue weighted by Crippen LogP contribution is 2.37. The molecule has 0 atom stereocenters. The molecule has 2 aromatic carbocycles. The monoisotopic (exact) mass is 420 g/mol. The molecule has 4 nitrogen and oxygen atoms in total. The zero-order valence-electron chi connectivity index (χ0n) is 17.9. The lowest BCUT2D eigenvalue weighted by atomic mass is 9.97. The molecule has 1 aliphatic heterocycles. The maximum Gasteiger partial charge on any atom is 0.0795 e. The van der Waals surface area contributed by atoms with E-state index in [1.807, 2.05) is 6.20 Å². The molecule has 1 aliphatic rings. The number of nitrogens with one attached hydrogen (secondary N) is 2. The van der Waals surface area contributed by atoms with Crippen molar-refractivity contribution in [2.45, 2.75) is 46.6 Å². The highest BCUT2D eigenvalue weighted by Gasteiger charge is 2.25. The Hall–Kier alpha value is -2.56. The van der Waals surface area contributed by atoms with Gasteiger partial charge in [-0.1, -0.05) is 44.2 Å². The van der Waals surface area contributed by atoms with Crippen LogP contribution in [0.1, 0.15) is 41.8 Å². The minimum Gasteiger partial charge on any atom is -0.361 e. The molecule has 4 aromatic rings. The second-order valence-corrected chi connectivity index (χ2v) is 7.94. The number of nitrogens with zero attached hydrogens (tertiary/aromatic N) is 2. The van der Waals surface area contributed by atoms with Crippen LogP contribution in [0.2, 0.25) is 0 Å². The normalized spacial score (nSPS) is 13.3. The smallest absolute Gasteiger partial charge is 0.0795 e. The predicted molar refractivity (Wildman–Crippen MR) is 127 cm³/mol. The van der Waals surface area contributed by atoms with Crippen molar-refractivity contribution in [3.63, 3.8) is 0 Å². The van der Waals surface area contributed by atoms with Gasteiger partial charge in [-0.05, 0) is 42.5 Å². The van der Waals surface area contributed by atoms with Gasteiger partial charge >= 0.3 is 0 Å². The molecular weight excluding hydrogens is 392 g/mol. The first-order valence-electron chi connectivity index (χ1n) is 10.7. The number of para-hydroxylation sites is 1. The molecule has 30 heavy (non-hydrogen) atoms. The zero-order chi connectivity index (χ0) is 20.0. The van der Waals surface area contributed by atoms with Gasteiger partial charge in [-0.3, -0.25) is 0 Å². The molecule has 0 aliphatic carbocycles. The summed E-state index contributed by atoms with van der Waals surface area (Å²) in [5, 5.41) is 10.0. The van der Waals surface area contributed by atoms with Gasteiger partial charge < -0.3 is 10.3 Å². The van der Waals surface area contributed by atoms with E-state index in [9.17, 15) is 0 Å². The quantitative estimate of drug-likeness (QED) is 0.456. The van der Waals surface area contributed by atoms with Crippen LogP contribution in [0.25, 0.3) is 27.8 Å². The summed E-state index contributed by atoms with van der Waals surface area (Å²) in [6.07, 6.45) is 5.02. The summed E-state index contributed by atoms with van der Waals surface area (Å²) in [6.45, 7) is 8.50. The van der Waals surface area contributed by atoms with Gasteiger partial charge in [-0.25, -0.2) is 4.68 Å². The van der Waals surface area contributed by atoms with E-state index in [1.165, 1.54) is 55.8 Å². The first-order valence-corrected chi connectivity index (χ1v) is 10.7. The molecule has 0 saturated carbocycles. The highest BCUT2D eigenvalue weighted by atomic mass is 35.5. The van der Waals surface area contributed by atoms with E-state index in [2.05, 4.69) is 72.2 Å². The van der Waals surface area contributed by atoms with Gasteiger partial charge in [0.15, 0.2) is 0 Å². The molecule has 0 radical (unpaired) electrons. The van der Waals surface area contributed by atoms with Crippen LogP contribution in [0.4, 0.5) is 0 Å². The summed E-state index contributed by atoms with van der Waals surface area (Å²) in [7, 11) is 0. The van der Waals surface area contributed by atoms with Crippen LogP contribution in [0.3, 0.4) is 0 Å². The maximum atomic E-state index is 5.19. The SMILES string of the molecule is CCc1cccc(CC)c1-n1nc2c(c1-c1ccc(C)c3[nH]ccc13)CNCC2.Cl. The van der Waals surface area contributed by atoms with E-state index >= 15 is 0 Å². The Morgan fingerprint density at radius 3 is 2.53 bits per heavy atom. The fourth-order valence-electron chi connectivity index (χ4n) is 4.74. The third-order valence-corrected chi connectivity index (χ3v) is 6.27. The minimum atomic E-state index is 0. The Labute approximate surface area is 184 Å². The Morgan fingerprint density at radius 1 is 1.03 bits per heavy atom. The third kappa shape index (κ3) is 3.15. The van der Waals surface area contributed by atoms with E-state index < -0.39 is 0 Å². The number of benzene rings is 2. The first kappa shape index (κ1) is 20.7. The first-order chi connectivity index (χ1) is 14.2. The molecular formula is C25H29ClN4. The van der Waals surface area contributed by atoms with Gasteiger partial charge in [0.2, 0.25) is 0 Å². The summed E-state index contributed by atoms with van der Waals surface area (Å²) in [6, 6.07) is 13.4. The summed E-state index contributed by atoms with van der Waals surface area (Å²) in [5.74, 6) is 0. The number of halogens is 1. The molecule has 0 bridgehead atoms. The molecule has 5 heteroatoms. The fraction of sp³-hybridized carbons (Fsp3) is 0.320. The lowest BCUT2D eigenvalue weighted by Gasteiger charge is -2.18. The molecule has 3 heterocycles. The molecule has 0 saturated heterocycles. The van der Waals surface area contributed by atoms with Crippen LogP contribution < -0.4 is 5.32 Å². The molecule has 5 rings (SSSR count). The van der Waals surface area contributed by atoms with Crippen molar-refractivity contribution < 1.29 is 0 Å². The van der Waals surface area contributed by atoms with Crippen molar-refractivity contribution in [1.82, 2.24) is 20.1 Å². The average Bonchev–Trinajstić information content (AvgIpc) is 3.39. The van der Waals surface area contributed by atoms with Gasteiger partial charge in [0.05, 0.1) is 17.1 Å². The third-order valence-electron chi connectivity index (χ3n) is 6.27. The lowest BCUT2D eigenvalue weighted by Crippen LogP contribution is -2.23. The second kappa shape index (κ2) is 8.29. The standard InChI is InChI=1S/C25H28N4.ClH/c1-4-17-7-6-8-18(5-2)24(17)29-25(21-15-26-13-12-22(21)28-29)20-10-9-16(3)23-19(20)11-14-27-23;/h6-11,14,26-27H,4-5,12-13,15H2,1-3H3;1H. The number of fused-ring (bicyclic) bond motifs is 2. The number of hydrogen-bond acceptors (Lipinski definition) is 2. The van der Waals surface area contributed by atoms with Gasteiger partial charge in [0.25, 0.3) is 0 Å². The van der Waals surface area contributed by atoms with Gasteiger partial charge in [0, 0.05) is 47.7 Å². The minimum absolute atomic E-state index is 0. The highest BCUT2D eigenvalue weighted by molar-refractivity contribution is 5.97. The fourth-order valence-corrected chi connectivity index (χ4v) is 4.74. The number of hydrogen-bond donors (Lipinski definition) is 2. The number of H-pyrrole nitrogens is 1. The van der Waals surface area contributed by atoms with Crippen molar-refractivity contribution in [2.75, 3.05) is 6.54 Å². The van der Waals surface area contributed by atoms with Gasteiger partial charge in [-0.2, -0.15) is 5.10 Å². The van der Waals surface area contributed by atoms with Crippen molar-refractivity contribution >= 4 is 23.3 Å². The Morgan fingerprint density at radius 2 is 1.80 bits per heavy atom. The van der Waals surface area contributed by atoms with Gasteiger partial charge in [0.1, 0.15) is 0 Å². The molecule has 0 amide bonds. The summed E-state index contributed by atoms with van der Waals surface area (Å²) in [4.78, 5) is 3.43. The Bertz CT molecular complexity index is 1180. The second-order valence-electron chi connectivity index (χ2n) is 7.94. The summed E-state index contributed by atoms with van der Waals surface area (Å²) < 4.78 is 2.26. The Balaban J connectivity index is 0.00000218. The van der Waals surface area contributed by atoms with Crippen molar-refractivity contribution in [3.05, 3.63) is 70.5 Å². The molecule has 0 fully saturated rings. The maximum absolute atomic E-state index is 5.19. The zero-order valence-corrected chi connectivity index (χ0v) is 18.7. The Kier molecular flexibility index (Phi) is 5.72. The number of aromatic nitrogens is 3. The van der Waals surface area contributed by atoms with Crippen LogP contribution in [0.5, 0.6) is 0 Å². The van der Waals surface area contributed by atoms with E-state index in [1.54, 1.807) is 0 Å². The van der Waals surface area contributed by atoms with Crippen molar-refractivity contribution in [2.24, 2.45) is 0 Å². The molecule has 0 spiro atoms. The average molecular weight is 421 g/mol. The van der Waals surface area contributed by atoms with Crippen LogP contribution in [0.15, 0.2) is 42.6 Å². The van der Waals surface area contributed by atoms with Crippen LogP contribution in [0, 0.1) is 6.92 Å². The van der Waals surface area contributed by atoms with Crippen molar-refractivity contribution in [3.8, 4) is 16.9 Å².